The summed E-state index contributed by atoms with van der Waals surface area (Å²) in [5.74, 6) is 0.0775. The third-order valence-electron chi connectivity index (χ3n) is 3.91. The van der Waals surface area contributed by atoms with Gasteiger partial charge in [0.2, 0.25) is 0 Å². The molecular weight excluding hydrogens is 322 g/mol. The molecule has 0 aliphatic rings. The maximum Gasteiger partial charge on any atom is 0.332 e. The van der Waals surface area contributed by atoms with Gasteiger partial charge in [-0.2, -0.15) is 0 Å². The van der Waals surface area contributed by atoms with E-state index in [1.54, 1.807) is 18.2 Å². The molecule has 7 heteroatoms. The van der Waals surface area contributed by atoms with Crippen LogP contribution in [0.4, 0.5) is 0 Å². The van der Waals surface area contributed by atoms with Crippen LogP contribution in [0.5, 0.6) is 5.75 Å². The van der Waals surface area contributed by atoms with Crippen LogP contribution in [0.2, 0.25) is 0 Å². The molecule has 0 saturated carbocycles. The number of esters is 1. The van der Waals surface area contributed by atoms with Crippen LogP contribution < -0.4 is 10.3 Å². The monoisotopic (exact) mass is 345 g/mol. The summed E-state index contributed by atoms with van der Waals surface area (Å²) in [7, 11) is 1.53. The Hall–Kier alpha value is -2.67. The van der Waals surface area contributed by atoms with Gasteiger partial charge in [-0.1, -0.05) is 13.8 Å². The molecule has 0 saturated heterocycles. The van der Waals surface area contributed by atoms with Crippen LogP contribution >= 0.6 is 0 Å². The average Bonchev–Trinajstić information content (AvgIpc) is 2.64. The minimum Gasteiger partial charge on any atom is -0.497 e. The Bertz CT molecular complexity index is 810. The number of methoxy groups -OCH3 is 1. The summed E-state index contributed by atoms with van der Waals surface area (Å²) < 4.78 is 11.5. The van der Waals surface area contributed by atoms with Crippen LogP contribution in [0.1, 0.15) is 13.8 Å². The zero-order valence-electron chi connectivity index (χ0n) is 14.8. The van der Waals surface area contributed by atoms with Gasteiger partial charge in [-0.25, -0.2) is 9.78 Å². The summed E-state index contributed by atoms with van der Waals surface area (Å²) in [4.78, 5) is 30.6. The number of nitrogens with zero attached hydrogens (tertiary/aromatic N) is 3. The molecule has 2 aromatic rings. The molecule has 25 heavy (non-hydrogen) atoms. The Kier molecular flexibility index (Phi) is 6.71. The highest BCUT2D eigenvalue weighted by Gasteiger charge is 2.05. The minimum absolute atomic E-state index is 0.281. The normalized spacial score (nSPS) is 11.4. The van der Waals surface area contributed by atoms with Gasteiger partial charge in [-0.05, 0) is 31.3 Å². The molecular formula is C18H23N3O4. The molecule has 1 heterocycles. The molecule has 1 aromatic heterocycles. The lowest BCUT2D eigenvalue weighted by atomic mass is 10.2. The van der Waals surface area contributed by atoms with Gasteiger partial charge in [0, 0.05) is 18.8 Å². The van der Waals surface area contributed by atoms with Crippen LogP contribution in [0, 0.1) is 0 Å². The standard InChI is InChI=1S/C18H23N3O4/c1-4-20(5-2)10-11-25-17(22)8-9-21-13-19-16-7-6-14(24-3)12-15(16)18(21)23/h6-9,12-13H,4-5,10-11H2,1-3H3. The van der Waals surface area contributed by atoms with Crippen LogP contribution in [-0.2, 0) is 9.53 Å². The van der Waals surface area contributed by atoms with Crippen LogP contribution in [-0.4, -0.2) is 53.8 Å². The zero-order chi connectivity index (χ0) is 18.2. The van der Waals surface area contributed by atoms with Gasteiger partial charge in [-0.15, -0.1) is 0 Å². The molecule has 0 bridgehead atoms. The van der Waals surface area contributed by atoms with Crippen LogP contribution in [0.25, 0.3) is 17.1 Å². The number of rotatable bonds is 8. The smallest absolute Gasteiger partial charge is 0.332 e. The third-order valence-corrected chi connectivity index (χ3v) is 3.91. The first-order chi connectivity index (χ1) is 12.1. The molecule has 0 atom stereocenters. The SMILES string of the molecule is CCN(CC)CCOC(=O)C=Cn1cnc2ccc(OC)cc2c1=O. The second-order valence-corrected chi connectivity index (χ2v) is 5.35. The van der Waals surface area contributed by atoms with E-state index < -0.39 is 5.97 Å². The number of carbonyl (C=O) groups is 1. The fourth-order valence-electron chi connectivity index (χ4n) is 2.35. The molecule has 0 N–H and O–H groups in total. The zero-order valence-corrected chi connectivity index (χ0v) is 14.8. The van der Waals surface area contributed by atoms with Gasteiger partial charge in [0.25, 0.3) is 5.56 Å². The van der Waals surface area contributed by atoms with Gasteiger partial charge in [-0.3, -0.25) is 9.36 Å². The average molecular weight is 345 g/mol. The van der Waals surface area contributed by atoms with Crippen LogP contribution in [0.15, 0.2) is 35.4 Å². The second kappa shape index (κ2) is 8.98. The fourth-order valence-corrected chi connectivity index (χ4v) is 2.35. The lowest BCUT2D eigenvalue weighted by Crippen LogP contribution is -2.27. The predicted molar refractivity (Wildman–Crippen MR) is 96.6 cm³/mol. The van der Waals surface area contributed by atoms with Crippen molar-refractivity contribution in [2.24, 2.45) is 0 Å². The Labute approximate surface area is 146 Å². The van der Waals surface area contributed by atoms with Crippen molar-refractivity contribution >= 4 is 23.1 Å². The molecule has 2 rings (SSSR count). The molecule has 1 aromatic carbocycles. The topological polar surface area (TPSA) is 73.7 Å². The number of likely N-dealkylation sites (N-methyl/N-ethyl adjacent to an activating group) is 1. The van der Waals surface area contributed by atoms with E-state index in [0.29, 0.717) is 29.8 Å². The molecule has 7 nitrogen and oxygen atoms in total. The maximum atomic E-state index is 12.4. The van der Waals surface area contributed by atoms with E-state index >= 15 is 0 Å². The first kappa shape index (κ1) is 18.7. The van der Waals surface area contributed by atoms with Gasteiger partial charge >= 0.3 is 5.97 Å². The largest absolute Gasteiger partial charge is 0.497 e. The highest BCUT2D eigenvalue weighted by Crippen LogP contribution is 2.15. The first-order valence-corrected chi connectivity index (χ1v) is 8.21. The van der Waals surface area contributed by atoms with E-state index in [2.05, 4.69) is 23.7 Å². The highest BCUT2D eigenvalue weighted by atomic mass is 16.5. The number of fused-ring (bicyclic) bond motifs is 1. The van der Waals surface area contributed by atoms with Gasteiger partial charge in [0.05, 0.1) is 18.0 Å². The van der Waals surface area contributed by atoms with Crippen molar-refractivity contribution in [2.45, 2.75) is 13.8 Å². The lowest BCUT2D eigenvalue weighted by molar-refractivity contribution is -0.138. The van der Waals surface area contributed by atoms with Gasteiger partial charge in [0.1, 0.15) is 18.7 Å². The molecule has 0 aliphatic carbocycles. The van der Waals surface area contributed by atoms with E-state index in [0.717, 1.165) is 13.1 Å². The number of benzene rings is 1. The van der Waals surface area contributed by atoms with Crippen molar-refractivity contribution in [3.63, 3.8) is 0 Å². The number of hydrogen-bond acceptors (Lipinski definition) is 6. The summed E-state index contributed by atoms with van der Waals surface area (Å²) in [6, 6.07) is 5.07. The summed E-state index contributed by atoms with van der Waals surface area (Å²) >= 11 is 0. The van der Waals surface area contributed by atoms with E-state index in [1.165, 1.54) is 30.3 Å². The quantitative estimate of drug-likeness (QED) is 0.536. The lowest BCUT2D eigenvalue weighted by Gasteiger charge is -2.16. The van der Waals surface area contributed by atoms with Crippen molar-refractivity contribution in [3.05, 3.63) is 41.0 Å². The van der Waals surface area contributed by atoms with Crippen molar-refractivity contribution in [3.8, 4) is 5.75 Å². The van der Waals surface area contributed by atoms with Crippen molar-refractivity contribution < 1.29 is 14.3 Å². The van der Waals surface area contributed by atoms with Gasteiger partial charge < -0.3 is 14.4 Å². The summed E-state index contributed by atoms with van der Waals surface area (Å²) in [5.41, 5.74) is 0.286. The number of ether oxygens (including phenoxy) is 2. The van der Waals surface area contributed by atoms with Crippen molar-refractivity contribution in [1.29, 1.82) is 0 Å². The minimum atomic E-state index is -0.496. The molecule has 0 aliphatic heterocycles. The molecule has 0 unspecified atom stereocenters. The Morgan fingerprint density at radius 3 is 2.76 bits per heavy atom. The Morgan fingerprint density at radius 1 is 1.32 bits per heavy atom. The van der Waals surface area contributed by atoms with Crippen molar-refractivity contribution in [1.82, 2.24) is 14.5 Å². The molecule has 0 amide bonds. The highest BCUT2D eigenvalue weighted by molar-refractivity contribution is 5.85. The van der Waals surface area contributed by atoms with E-state index in [9.17, 15) is 9.59 Å². The second-order valence-electron chi connectivity index (χ2n) is 5.35. The molecule has 0 fully saturated rings. The van der Waals surface area contributed by atoms with Crippen LogP contribution in [0.3, 0.4) is 0 Å². The summed E-state index contributed by atoms with van der Waals surface area (Å²) in [6.45, 7) is 6.92. The van der Waals surface area contributed by atoms with E-state index in [1.807, 2.05) is 0 Å². The van der Waals surface area contributed by atoms with Gasteiger partial charge in [0.15, 0.2) is 0 Å². The van der Waals surface area contributed by atoms with Crippen molar-refractivity contribution in [2.75, 3.05) is 33.4 Å². The number of aromatic nitrogens is 2. The first-order valence-electron chi connectivity index (χ1n) is 8.21. The Balaban J connectivity index is 2.06. The number of carbonyl (C=O) groups excluding carboxylic acids is 1. The van der Waals surface area contributed by atoms with E-state index in [-0.39, 0.29) is 5.56 Å². The molecule has 134 valence electrons. The predicted octanol–water partition coefficient (Wildman–Crippen LogP) is 1.76. The molecule has 0 spiro atoms. The molecule has 0 radical (unpaired) electrons. The third kappa shape index (κ3) is 4.90. The summed E-state index contributed by atoms with van der Waals surface area (Å²) in [6.07, 6.45) is 3.95. The summed E-state index contributed by atoms with van der Waals surface area (Å²) in [5, 5.41) is 0.418. The van der Waals surface area contributed by atoms with E-state index in [4.69, 9.17) is 9.47 Å². The fraction of sp³-hybridized carbons (Fsp3) is 0.389. The Morgan fingerprint density at radius 2 is 2.08 bits per heavy atom. The number of hydrogen-bond donors (Lipinski definition) is 0. The maximum absolute atomic E-state index is 12.4.